The molecule has 0 aliphatic carbocycles. The van der Waals surface area contributed by atoms with Gasteiger partial charge in [0.15, 0.2) is 0 Å². The zero-order chi connectivity index (χ0) is 19.4. The lowest BCUT2D eigenvalue weighted by molar-refractivity contribution is -0.115. The average Bonchev–Trinajstić information content (AvgIpc) is 3.04. The minimum atomic E-state index is -0.626. The number of ether oxygens (including phenoxy) is 1. The highest BCUT2D eigenvalue weighted by molar-refractivity contribution is 6.38. The molecule has 0 radical (unpaired) electrons. The number of hydrogen-bond acceptors (Lipinski definition) is 6. The molecule has 0 aromatic heterocycles. The van der Waals surface area contributed by atoms with E-state index < -0.39 is 6.10 Å². The van der Waals surface area contributed by atoms with Gasteiger partial charge in [0.1, 0.15) is 12.3 Å². The lowest BCUT2D eigenvalue weighted by atomic mass is 10.0. The molecule has 7 heteroatoms. The first-order valence-corrected chi connectivity index (χ1v) is 9.14. The van der Waals surface area contributed by atoms with Gasteiger partial charge in [-0.3, -0.25) is 9.79 Å². The first kappa shape index (κ1) is 19.3. The van der Waals surface area contributed by atoms with E-state index in [1.165, 1.54) is 6.20 Å². The molecule has 1 aromatic rings. The summed E-state index contributed by atoms with van der Waals surface area (Å²) in [5.41, 5.74) is 2.60. The number of β-amino-alcohol motifs (C(OH)–C–C–N with tert-alkyl or cyclic N) is 1. The van der Waals surface area contributed by atoms with Gasteiger partial charge in [0, 0.05) is 37.4 Å². The number of likely N-dealkylation sites (tertiary alicyclic amines) is 1. The Labute approximate surface area is 158 Å². The molecular formula is C20H25N3O4. The Bertz CT molecular complexity index is 766. The predicted octanol–water partition coefficient (Wildman–Crippen LogP) is 1.58. The van der Waals surface area contributed by atoms with Gasteiger partial charge < -0.3 is 20.1 Å². The predicted molar refractivity (Wildman–Crippen MR) is 101 cm³/mol. The Kier molecular flexibility index (Phi) is 6.03. The third kappa shape index (κ3) is 4.61. The Morgan fingerprint density at radius 1 is 1.48 bits per heavy atom. The minimum Gasteiger partial charge on any atom is -0.457 e. The van der Waals surface area contributed by atoms with E-state index in [1.807, 2.05) is 6.07 Å². The number of benzene rings is 1. The molecule has 1 amide bonds. The molecule has 1 atom stereocenters. The van der Waals surface area contributed by atoms with Crippen molar-refractivity contribution in [1.82, 2.24) is 10.2 Å². The van der Waals surface area contributed by atoms with Crippen LogP contribution in [-0.2, 0) is 16.1 Å². The summed E-state index contributed by atoms with van der Waals surface area (Å²) in [6.07, 6.45) is 2.39. The topological polar surface area (TPSA) is 91.2 Å². The smallest absolute Gasteiger partial charge is 0.338 e. The Hall–Kier alpha value is -2.51. The third-order valence-corrected chi connectivity index (χ3v) is 5.06. The van der Waals surface area contributed by atoms with Gasteiger partial charge in [0.25, 0.3) is 5.91 Å². The van der Waals surface area contributed by atoms with Gasteiger partial charge >= 0.3 is 5.97 Å². The van der Waals surface area contributed by atoms with E-state index in [9.17, 15) is 14.7 Å². The van der Waals surface area contributed by atoms with Crippen LogP contribution in [0, 0.1) is 0 Å². The summed E-state index contributed by atoms with van der Waals surface area (Å²) >= 11 is 0. The minimum absolute atomic E-state index is 0.115. The molecule has 1 saturated heterocycles. The van der Waals surface area contributed by atoms with Gasteiger partial charge in [-0.25, -0.2) is 4.79 Å². The monoisotopic (exact) mass is 371 g/mol. The second-order valence-corrected chi connectivity index (χ2v) is 6.95. The molecule has 3 rings (SSSR count). The number of aliphatic hydroxyl groups excluding tert-OH is 1. The van der Waals surface area contributed by atoms with E-state index in [0.717, 1.165) is 37.1 Å². The lowest BCUT2D eigenvalue weighted by Crippen LogP contribution is -2.46. The largest absolute Gasteiger partial charge is 0.457 e. The summed E-state index contributed by atoms with van der Waals surface area (Å²) in [7, 11) is 0. The molecule has 7 nitrogen and oxygen atoms in total. The summed E-state index contributed by atoms with van der Waals surface area (Å²) in [6, 6.07) is 5.46. The van der Waals surface area contributed by atoms with Crippen LogP contribution in [0.4, 0.5) is 0 Å². The first-order chi connectivity index (χ1) is 13.0. The van der Waals surface area contributed by atoms with Crippen molar-refractivity contribution in [3.8, 4) is 0 Å². The number of aliphatic hydroxyl groups is 1. The second-order valence-electron chi connectivity index (χ2n) is 6.95. The number of rotatable bonds is 6. The number of esters is 1. The van der Waals surface area contributed by atoms with Crippen LogP contribution in [0.25, 0.3) is 0 Å². The number of carbonyl (C=O) groups excluding carboxylic acids is 2. The fourth-order valence-corrected chi connectivity index (χ4v) is 3.46. The molecular weight excluding hydrogens is 346 g/mol. The molecule has 2 aliphatic rings. The zero-order valence-corrected chi connectivity index (χ0v) is 15.5. The van der Waals surface area contributed by atoms with Crippen LogP contribution in [0.5, 0.6) is 0 Å². The van der Waals surface area contributed by atoms with Crippen LogP contribution < -0.4 is 5.32 Å². The number of carbonyl (C=O) groups is 2. The van der Waals surface area contributed by atoms with Crippen molar-refractivity contribution in [2.24, 2.45) is 4.99 Å². The molecule has 0 bridgehead atoms. The van der Waals surface area contributed by atoms with Crippen molar-refractivity contribution in [3.05, 3.63) is 47.7 Å². The van der Waals surface area contributed by atoms with Crippen LogP contribution in [-0.4, -0.2) is 53.3 Å². The van der Waals surface area contributed by atoms with E-state index in [-0.39, 0.29) is 24.5 Å². The molecule has 27 heavy (non-hydrogen) atoms. The van der Waals surface area contributed by atoms with E-state index in [1.54, 1.807) is 19.1 Å². The maximum absolute atomic E-state index is 12.0. The summed E-state index contributed by atoms with van der Waals surface area (Å²) in [4.78, 5) is 29.6. The highest BCUT2D eigenvalue weighted by Gasteiger charge is 2.25. The van der Waals surface area contributed by atoms with Crippen molar-refractivity contribution < 1.29 is 19.4 Å². The molecule has 0 saturated carbocycles. The third-order valence-electron chi connectivity index (χ3n) is 5.06. The molecule has 1 aromatic carbocycles. The van der Waals surface area contributed by atoms with Gasteiger partial charge in [0.2, 0.25) is 0 Å². The first-order valence-electron chi connectivity index (χ1n) is 9.14. The van der Waals surface area contributed by atoms with Crippen LogP contribution in [0.1, 0.15) is 47.4 Å². The number of piperidine rings is 1. The number of nitrogens with one attached hydrogen (secondary N) is 1. The highest BCUT2D eigenvalue weighted by Crippen LogP contribution is 2.25. The number of cyclic esters (lactones) is 1. The van der Waals surface area contributed by atoms with Crippen molar-refractivity contribution in [3.63, 3.8) is 0 Å². The summed E-state index contributed by atoms with van der Waals surface area (Å²) in [5.74, 6) is -0.466. The maximum Gasteiger partial charge on any atom is 0.338 e. The van der Waals surface area contributed by atoms with Crippen LogP contribution in [0.3, 0.4) is 0 Å². The molecule has 2 aliphatic heterocycles. The molecule has 0 spiro atoms. The molecule has 2 N–H and O–H groups in total. The quantitative estimate of drug-likeness (QED) is 0.585. The number of aliphatic imine (C=N–C) groups is 1. The van der Waals surface area contributed by atoms with Gasteiger partial charge in [-0.05, 0) is 37.5 Å². The maximum atomic E-state index is 12.0. The Balaban J connectivity index is 1.49. The van der Waals surface area contributed by atoms with E-state index in [4.69, 9.17) is 4.74 Å². The molecule has 1 fully saturated rings. The molecule has 144 valence electrons. The van der Waals surface area contributed by atoms with Crippen molar-refractivity contribution in [1.29, 1.82) is 0 Å². The second kappa shape index (κ2) is 8.45. The molecule has 2 heterocycles. The lowest BCUT2D eigenvalue weighted by Gasteiger charge is -2.33. The highest BCUT2D eigenvalue weighted by atomic mass is 16.5. The van der Waals surface area contributed by atoms with Gasteiger partial charge in [-0.15, -0.1) is 0 Å². The average molecular weight is 371 g/mol. The van der Waals surface area contributed by atoms with Crippen molar-refractivity contribution in [2.75, 3.05) is 19.6 Å². The standard InChI is InChI=1S/C20H25N3O4/c1-3-21-13(2)19(25)22-16-6-8-23(9-7-16)11-18(24)14-4-5-17-15(10-14)12-27-20(17)26/h3-5,10,16,18,24H,1,6-9,11-12H2,2H3,(H,22,25)/t18-/m0/s1. The van der Waals surface area contributed by atoms with Gasteiger partial charge in [0.05, 0.1) is 11.7 Å². The van der Waals surface area contributed by atoms with E-state index in [0.29, 0.717) is 17.8 Å². The summed E-state index contributed by atoms with van der Waals surface area (Å²) < 4.78 is 5.00. The number of fused-ring (bicyclic) bond motifs is 1. The summed E-state index contributed by atoms with van der Waals surface area (Å²) in [6.45, 7) is 7.54. The Morgan fingerprint density at radius 2 is 2.22 bits per heavy atom. The van der Waals surface area contributed by atoms with Gasteiger partial charge in [-0.2, -0.15) is 0 Å². The van der Waals surface area contributed by atoms with E-state index in [2.05, 4.69) is 21.8 Å². The van der Waals surface area contributed by atoms with E-state index >= 15 is 0 Å². The summed E-state index contributed by atoms with van der Waals surface area (Å²) in [5, 5.41) is 13.5. The van der Waals surface area contributed by atoms with Crippen molar-refractivity contribution in [2.45, 2.75) is 38.5 Å². The van der Waals surface area contributed by atoms with Crippen molar-refractivity contribution >= 4 is 17.6 Å². The fraction of sp³-hybridized carbons (Fsp3) is 0.450. The van der Waals surface area contributed by atoms with Crippen LogP contribution in [0.15, 0.2) is 36.0 Å². The van der Waals surface area contributed by atoms with Crippen LogP contribution >= 0.6 is 0 Å². The molecule has 0 unspecified atom stereocenters. The van der Waals surface area contributed by atoms with Crippen LogP contribution in [0.2, 0.25) is 0 Å². The number of nitrogens with zero attached hydrogens (tertiary/aromatic N) is 2. The SMILES string of the molecule is C=CN=C(C)C(=O)NC1CCN(C[C@H](O)c2ccc3c(c2)COC3=O)CC1. The number of amides is 1. The fourth-order valence-electron chi connectivity index (χ4n) is 3.46. The zero-order valence-electron chi connectivity index (χ0n) is 15.5. The Morgan fingerprint density at radius 3 is 2.93 bits per heavy atom. The number of hydrogen-bond donors (Lipinski definition) is 2. The van der Waals surface area contributed by atoms with Gasteiger partial charge in [-0.1, -0.05) is 12.6 Å². The normalized spacial score (nSPS) is 19.3.